The molecule has 154 valence electrons. The second-order valence-electron chi connectivity index (χ2n) is 6.01. The van der Waals surface area contributed by atoms with Crippen LogP contribution in [0.1, 0.15) is 29.6 Å². The van der Waals surface area contributed by atoms with Crippen molar-refractivity contribution in [2.24, 2.45) is 0 Å². The highest BCUT2D eigenvalue weighted by Gasteiger charge is 2.24. The minimum Gasteiger partial charge on any atom is -0.508 e. The highest BCUT2D eigenvalue weighted by Crippen LogP contribution is 2.48. The van der Waals surface area contributed by atoms with Gasteiger partial charge in [0.1, 0.15) is 23.5 Å². The molecule has 1 aromatic heterocycles. The Kier molecular flexibility index (Phi) is 9.07. The topological polar surface area (TPSA) is 72.2 Å². The van der Waals surface area contributed by atoms with Crippen LogP contribution < -0.4 is 0 Å². The second kappa shape index (κ2) is 11.3. The standard InChI is InChI=1S/C17H15ClN2OS2.2C2H4O/c1-10-2-4-14-12(8-10)16(18)20(19-14)15-5-3-11(21)9-13(15)17-22-6-7-23-17;2*1-2-3/h2-5,8-9,17,21H,6-7H2,1H3;2*2H,1H3. The molecule has 0 radical (unpaired) electrons. The first-order chi connectivity index (χ1) is 14.0. The van der Waals surface area contributed by atoms with E-state index in [-0.39, 0.29) is 5.75 Å². The van der Waals surface area contributed by atoms with Gasteiger partial charge in [0.2, 0.25) is 0 Å². The van der Waals surface area contributed by atoms with E-state index in [0.717, 1.165) is 51.8 Å². The maximum Gasteiger partial charge on any atom is 0.140 e. The van der Waals surface area contributed by atoms with Gasteiger partial charge in [-0.1, -0.05) is 23.2 Å². The third-order valence-corrected chi connectivity index (χ3v) is 7.31. The van der Waals surface area contributed by atoms with E-state index in [1.807, 2.05) is 54.7 Å². The van der Waals surface area contributed by atoms with E-state index in [0.29, 0.717) is 9.74 Å². The van der Waals surface area contributed by atoms with E-state index in [4.69, 9.17) is 21.2 Å². The number of hydrogen-bond acceptors (Lipinski definition) is 6. The lowest BCUT2D eigenvalue weighted by Crippen LogP contribution is -2.02. The third-order valence-electron chi connectivity index (χ3n) is 3.88. The summed E-state index contributed by atoms with van der Waals surface area (Å²) in [6.45, 7) is 4.94. The number of hydrogen-bond donors (Lipinski definition) is 1. The monoisotopic (exact) mass is 450 g/mol. The number of thioether (sulfide) groups is 2. The van der Waals surface area contributed by atoms with Crippen LogP contribution in [-0.2, 0) is 9.59 Å². The van der Waals surface area contributed by atoms with Crippen LogP contribution in [0.4, 0.5) is 0 Å². The van der Waals surface area contributed by atoms with Crippen molar-refractivity contribution in [2.75, 3.05) is 11.5 Å². The van der Waals surface area contributed by atoms with Gasteiger partial charge < -0.3 is 14.7 Å². The van der Waals surface area contributed by atoms with E-state index in [1.165, 1.54) is 13.8 Å². The van der Waals surface area contributed by atoms with Gasteiger partial charge in [-0.2, -0.15) is 5.10 Å². The molecule has 0 unspecified atom stereocenters. The normalized spacial score (nSPS) is 13.2. The number of benzene rings is 2. The Balaban J connectivity index is 0.000000449. The van der Waals surface area contributed by atoms with E-state index in [1.54, 1.807) is 10.7 Å². The van der Waals surface area contributed by atoms with Crippen molar-refractivity contribution < 1.29 is 14.7 Å². The van der Waals surface area contributed by atoms with Gasteiger partial charge in [-0.3, -0.25) is 0 Å². The zero-order valence-corrected chi connectivity index (χ0v) is 18.9. The Morgan fingerprint density at radius 1 is 1.10 bits per heavy atom. The van der Waals surface area contributed by atoms with Crippen LogP contribution in [0.3, 0.4) is 0 Å². The molecule has 0 aliphatic carbocycles. The molecule has 1 aliphatic rings. The Labute approximate surface area is 183 Å². The van der Waals surface area contributed by atoms with Crippen LogP contribution in [0.5, 0.6) is 5.75 Å². The Morgan fingerprint density at radius 3 is 2.34 bits per heavy atom. The van der Waals surface area contributed by atoms with Crippen LogP contribution >= 0.6 is 35.1 Å². The Hall–Kier alpha value is -1.96. The number of aromatic hydroxyl groups is 1. The summed E-state index contributed by atoms with van der Waals surface area (Å²) in [6, 6.07) is 11.5. The van der Waals surface area contributed by atoms with Crippen LogP contribution in [0.25, 0.3) is 16.6 Å². The number of aromatic nitrogens is 2. The minimum atomic E-state index is 0.278. The van der Waals surface area contributed by atoms with Crippen LogP contribution in [0.2, 0.25) is 5.15 Å². The number of phenolic OH excluding ortho intramolecular Hbond substituents is 1. The number of nitrogens with zero attached hydrogens (tertiary/aromatic N) is 2. The predicted octanol–water partition coefficient (Wildman–Crippen LogP) is 5.58. The van der Waals surface area contributed by atoms with Gasteiger partial charge in [-0.15, -0.1) is 23.5 Å². The molecule has 5 nitrogen and oxygen atoms in total. The lowest BCUT2D eigenvalue weighted by molar-refractivity contribution is -0.106. The molecule has 0 bridgehead atoms. The average Bonchev–Trinajstić information content (AvgIpc) is 3.32. The van der Waals surface area contributed by atoms with E-state index in [9.17, 15) is 5.11 Å². The summed E-state index contributed by atoms with van der Waals surface area (Å²) in [4.78, 5) is 17.6. The summed E-state index contributed by atoms with van der Waals surface area (Å²) < 4.78 is 2.10. The Bertz CT molecular complexity index is 979. The molecule has 1 N–H and O–H groups in total. The molecular formula is C21H23ClN2O3S2. The van der Waals surface area contributed by atoms with Gasteiger partial charge in [0.15, 0.2) is 0 Å². The first-order valence-electron chi connectivity index (χ1n) is 8.97. The summed E-state index contributed by atoms with van der Waals surface area (Å²) in [7, 11) is 0. The van der Waals surface area contributed by atoms with Crippen LogP contribution in [0.15, 0.2) is 36.4 Å². The van der Waals surface area contributed by atoms with Crippen molar-refractivity contribution in [1.29, 1.82) is 0 Å². The fourth-order valence-corrected chi connectivity index (χ4v) is 5.97. The number of carbonyl (C=O) groups excluding carboxylic acids is 2. The number of aryl methyl sites for hydroxylation is 1. The summed E-state index contributed by atoms with van der Waals surface area (Å²) in [5, 5.41) is 16.1. The largest absolute Gasteiger partial charge is 0.508 e. The van der Waals surface area contributed by atoms with E-state index >= 15 is 0 Å². The fraction of sp³-hybridized carbons (Fsp3) is 0.286. The first kappa shape index (κ1) is 23.3. The zero-order chi connectivity index (χ0) is 21.4. The highest BCUT2D eigenvalue weighted by atomic mass is 35.5. The van der Waals surface area contributed by atoms with Gasteiger partial charge >= 0.3 is 0 Å². The quantitative estimate of drug-likeness (QED) is 0.513. The van der Waals surface area contributed by atoms with Crippen molar-refractivity contribution in [3.63, 3.8) is 0 Å². The van der Waals surface area contributed by atoms with Crippen molar-refractivity contribution in [3.05, 3.63) is 52.7 Å². The number of halogens is 1. The predicted molar refractivity (Wildman–Crippen MR) is 124 cm³/mol. The summed E-state index contributed by atoms with van der Waals surface area (Å²) in [6.07, 6.45) is 1.50. The number of aldehydes is 2. The molecule has 1 fully saturated rings. The molecule has 1 aliphatic heterocycles. The minimum absolute atomic E-state index is 0.278. The first-order valence-corrected chi connectivity index (χ1v) is 11.4. The van der Waals surface area contributed by atoms with Gasteiger partial charge in [-0.25, -0.2) is 4.68 Å². The van der Waals surface area contributed by atoms with Crippen LogP contribution in [-0.4, -0.2) is 39.0 Å². The molecule has 0 saturated carbocycles. The van der Waals surface area contributed by atoms with Gasteiger partial charge in [0.25, 0.3) is 0 Å². The second-order valence-corrected chi connectivity index (χ2v) is 9.09. The molecule has 29 heavy (non-hydrogen) atoms. The molecule has 4 rings (SSSR count). The van der Waals surface area contributed by atoms with Crippen LogP contribution in [0, 0.1) is 6.92 Å². The van der Waals surface area contributed by atoms with Gasteiger partial charge in [0, 0.05) is 22.5 Å². The van der Waals surface area contributed by atoms with Gasteiger partial charge in [-0.05, 0) is 51.1 Å². The molecule has 3 aromatic rings. The number of carbonyl (C=O) groups is 2. The zero-order valence-electron chi connectivity index (χ0n) is 16.5. The van der Waals surface area contributed by atoms with E-state index in [2.05, 4.69) is 11.2 Å². The molecular weight excluding hydrogens is 428 g/mol. The molecule has 1 saturated heterocycles. The summed E-state index contributed by atoms with van der Waals surface area (Å²) in [5.41, 5.74) is 4.05. The lowest BCUT2D eigenvalue weighted by Gasteiger charge is -2.15. The number of phenols is 1. The highest BCUT2D eigenvalue weighted by molar-refractivity contribution is 8.19. The maximum atomic E-state index is 9.91. The Morgan fingerprint density at radius 2 is 1.72 bits per heavy atom. The summed E-state index contributed by atoms with van der Waals surface area (Å²) in [5.74, 6) is 2.53. The van der Waals surface area contributed by atoms with E-state index < -0.39 is 0 Å². The van der Waals surface area contributed by atoms with Crippen molar-refractivity contribution in [3.8, 4) is 11.4 Å². The van der Waals surface area contributed by atoms with Crippen molar-refractivity contribution in [2.45, 2.75) is 25.4 Å². The molecule has 0 amide bonds. The smallest absolute Gasteiger partial charge is 0.140 e. The average molecular weight is 451 g/mol. The number of fused-ring (bicyclic) bond motifs is 1. The fourth-order valence-electron chi connectivity index (χ4n) is 2.79. The maximum absolute atomic E-state index is 9.91. The molecule has 0 spiro atoms. The SMILES string of the molecule is CC=O.CC=O.Cc1ccc2nn(-c3ccc(O)cc3C3SCCS3)c(Cl)c2c1. The molecule has 2 aromatic carbocycles. The molecule has 8 heteroatoms. The van der Waals surface area contributed by atoms with Crippen molar-refractivity contribution >= 4 is 58.6 Å². The summed E-state index contributed by atoms with van der Waals surface area (Å²) >= 11 is 10.4. The lowest BCUT2D eigenvalue weighted by atomic mass is 10.2. The third kappa shape index (κ3) is 5.78. The van der Waals surface area contributed by atoms with Gasteiger partial charge in [0.05, 0.1) is 15.8 Å². The molecule has 2 heterocycles. The molecule has 0 atom stereocenters. The van der Waals surface area contributed by atoms with Crippen molar-refractivity contribution in [1.82, 2.24) is 9.78 Å². The number of rotatable bonds is 2.